The number of aryl methyl sites for hydroxylation is 1. The number of anilines is 2. The molecule has 2 saturated heterocycles. The van der Waals surface area contributed by atoms with E-state index in [1.54, 1.807) is 0 Å². The fourth-order valence-electron chi connectivity index (χ4n) is 4.16. The van der Waals surface area contributed by atoms with Gasteiger partial charge in [0, 0.05) is 50.0 Å². The predicted molar refractivity (Wildman–Crippen MR) is 117 cm³/mol. The first-order valence-electron chi connectivity index (χ1n) is 10.4. The molecule has 0 saturated carbocycles. The van der Waals surface area contributed by atoms with Crippen LogP contribution in [0.3, 0.4) is 0 Å². The molecule has 2 aliphatic heterocycles. The maximum Gasteiger partial charge on any atom is 0.277 e. The molecular weight excluding hydrogens is 420 g/mol. The van der Waals surface area contributed by atoms with Crippen molar-refractivity contribution in [1.29, 1.82) is 0 Å². The van der Waals surface area contributed by atoms with Crippen molar-refractivity contribution in [2.45, 2.75) is 6.92 Å². The Kier molecular flexibility index (Phi) is 5.37. The largest absolute Gasteiger partial charge is 0.378 e. The van der Waals surface area contributed by atoms with Gasteiger partial charge in [0.2, 0.25) is 0 Å². The van der Waals surface area contributed by atoms with Crippen molar-refractivity contribution in [2.75, 3.05) is 62.3 Å². The highest BCUT2D eigenvalue weighted by Crippen LogP contribution is 2.29. The molecule has 0 atom stereocenters. The number of halogens is 1. The van der Waals surface area contributed by atoms with Crippen LogP contribution < -0.4 is 9.80 Å². The molecule has 0 bridgehead atoms. The summed E-state index contributed by atoms with van der Waals surface area (Å²) in [5.74, 6) is 0.511. The highest BCUT2D eigenvalue weighted by Gasteiger charge is 2.30. The van der Waals surface area contributed by atoms with Gasteiger partial charge in [0.1, 0.15) is 17.5 Å². The SMILES string of the molecule is Cc1ccc(Cl)cc1N1CCN(C(=O)c2noc3ncnc(N4CCOCC4)c23)CC1. The number of amides is 1. The van der Waals surface area contributed by atoms with Gasteiger partial charge in [0.15, 0.2) is 5.69 Å². The molecule has 5 rings (SSSR count). The van der Waals surface area contributed by atoms with Crippen LogP contribution in [0.1, 0.15) is 16.1 Å². The Labute approximate surface area is 184 Å². The summed E-state index contributed by atoms with van der Waals surface area (Å²) in [5, 5.41) is 5.35. The number of carbonyl (C=O) groups excluding carboxylic acids is 1. The topological polar surface area (TPSA) is 87.8 Å². The van der Waals surface area contributed by atoms with Gasteiger partial charge in [-0.05, 0) is 24.6 Å². The first kappa shape index (κ1) is 20.0. The zero-order chi connectivity index (χ0) is 21.4. The summed E-state index contributed by atoms with van der Waals surface area (Å²) in [6.07, 6.45) is 1.44. The van der Waals surface area contributed by atoms with Gasteiger partial charge in [-0.15, -0.1) is 0 Å². The second kappa shape index (κ2) is 8.32. The molecule has 0 N–H and O–H groups in total. The van der Waals surface area contributed by atoms with Crippen LogP contribution in [0.25, 0.3) is 11.1 Å². The molecule has 0 unspecified atom stereocenters. The van der Waals surface area contributed by atoms with Crippen molar-refractivity contribution in [1.82, 2.24) is 20.0 Å². The van der Waals surface area contributed by atoms with Gasteiger partial charge in [0.05, 0.1) is 13.2 Å². The minimum atomic E-state index is -0.162. The van der Waals surface area contributed by atoms with Crippen molar-refractivity contribution < 1.29 is 14.1 Å². The van der Waals surface area contributed by atoms with E-state index in [1.165, 1.54) is 11.9 Å². The van der Waals surface area contributed by atoms with Gasteiger partial charge < -0.3 is 24.0 Å². The first-order chi connectivity index (χ1) is 15.1. The van der Waals surface area contributed by atoms with Gasteiger partial charge in [-0.3, -0.25) is 4.79 Å². The van der Waals surface area contributed by atoms with Crippen LogP contribution in [0, 0.1) is 6.92 Å². The second-order valence-electron chi connectivity index (χ2n) is 7.72. The molecule has 1 aromatic carbocycles. The van der Waals surface area contributed by atoms with Crippen molar-refractivity contribution in [3.8, 4) is 0 Å². The summed E-state index contributed by atoms with van der Waals surface area (Å²) >= 11 is 6.18. The van der Waals surface area contributed by atoms with Gasteiger partial charge in [-0.25, -0.2) is 4.98 Å². The quantitative estimate of drug-likeness (QED) is 0.611. The molecule has 4 heterocycles. The van der Waals surface area contributed by atoms with E-state index in [4.69, 9.17) is 20.9 Å². The lowest BCUT2D eigenvalue weighted by Crippen LogP contribution is -2.49. The molecule has 10 heteroatoms. The average Bonchev–Trinajstić information content (AvgIpc) is 3.25. The normalized spacial score (nSPS) is 17.4. The fourth-order valence-corrected chi connectivity index (χ4v) is 4.32. The molecule has 1 amide bonds. The monoisotopic (exact) mass is 442 g/mol. The number of ether oxygens (including phenoxy) is 1. The number of benzene rings is 1. The molecule has 3 aromatic rings. The van der Waals surface area contributed by atoms with Crippen molar-refractivity contribution in [3.63, 3.8) is 0 Å². The number of nitrogens with zero attached hydrogens (tertiary/aromatic N) is 6. The third kappa shape index (κ3) is 3.79. The first-order valence-corrected chi connectivity index (χ1v) is 10.7. The lowest BCUT2D eigenvalue weighted by molar-refractivity contribution is 0.0738. The smallest absolute Gasteiger partial charge is 0.277 e. The molecule has 9 nitrogen and oxygen atoms in total. The number of morpholine rings is 1. The lowest BCUT2D eigenvalue weighted by atomic mass is 10.1. The summed E-state index contributed by atoms with van der Waals surface area (Å²) in [7, 11) is 0. The van der Waals surface area contributed by atoms with E-state index in [9.17, 15) is 4.79 Å². The number of hydrogen-bond donors (Lipinski definition) is 0. The summed E-state index contributed by atoms with van der Waals surface area (Å²) in [6.45, 7) is 7.30. The van der Waals surface area contributed by atoms with Crippen LogP contribution >= 0.6 is 11.6 Å². The summed E-state index contributed by atoms with van der Waals surface area (Å²) in [6, 6.07) is 5.89. The standard InChI is InChI=1S/C21H23ClN6O3/c1-14-2-3-15(22)12-16(14)26-4-6-28(7-5-26)21(29)18-17-19(27-8-10-30-11-9-27)23-13-24-20(17)31-25-18/h2-3,12-13H,4-11H2,1H3. The molecule has 162 valence electrons. The molecule has 31 heavy (non-hydrogen) atoms. The number of piperazine rings is 1. The van der Waals surface area contributed by atoms with Crippen LogP contribution in [-0.2, 0) is 4.74 Å². The molecule has 0 spiro atoms. The van der Waals surface area contributed by atoms with Crippen LogP contribution in [0.15, 0.2) is 29.0 Å². The maximum absolute atomic E-state index is 13.3. The lowest BCUT2D eigenvalue weighted by Gasteiger charge is -2.36. The number of rotatable bonds is 3. The van der Waals surface area contributed by atoms with Crippen molar-refractivity contribution in [2.24, 2.45) is 0 Å². The van der Waals surface area contributed by atoms with E-state index >= 15 is 0 Å². The highest BCUT2D eigenvalue weighted by molar-refractivity contribution is 6.30. The fraction of sp³-hybridized carbons (Fsp3) is 0.429. The second-order valence-corrected chi connectivity index (χ2v) is 8.15. The van der Waals surface area contributed by atoms with Gasteiger partial charge in [-0.2, -0.15) is 4.98 Å². The molecule has 0 radical (unpaired) electrons. The Balaban J connectivity index is 1.37. The van der Waals surface area contributed by atoms with Crippen LogP contribution in [0.2, 0.25) is 5.02 Å². The average molecular weight is 443 g/mol. The number of hydrogen-bond acceptors (Lipinski definition) is 8. The minimum Gasteiger partial charge on any atom is -0.378 e. The third-order valence-corrected chi connectivity index (χ3v) is 6.08. The zero-order valence-electron chi connectivity index (χ0n) is 17.3. The van der Waals surface area contributed by atoms with Gasteiger partial charge in [0.25, 0.3) is 11.6 Å². The highest BCUT2D eigenvalue weighted by atomic mass is 35.5. The third-order valence-electron chi connectivity index (χ3n) is 5.84. The number of fused-ring (bicyclic) bond motifs is 1. The summed E-state index contributed by atoms with van der Waals surface area (Å²) in [4.78, 5) is 28.1. The van der Waals surface area contributed by atoms with Gasteiger partial charge in [-0.1, -0.05) is 22.8 Å². The molecule has 2 fully saturated rings. The Morgan fingerprint density at radius 3 is 2.58 bits per heavy atom. The van der Waals surface area contributed by atoms with E-state index < -0.39 is 0 Å². The predicted octanol–water partition coefficient (Wildman–Crippen LogP) is 2.38. The van der Waals surface area contributed by atoms with Crippen LogP contribution in [-0.4, -0.2) is 78.4 Å². The molecular formula is C21H23ClN6O3. The minimum absolute atomic E-state index is 0.162. The molecule has 0 aliphatic carbocycles. The summed E-state index contributed by atoms with van der Waals surface area (Å²) < 4.78 is 10.8. The van der Waals surface area contributed by atoms with Crippen molar-refractivity contribution in [3.05, 3.63) is 40.8 Å². The Hall–Kier alpha value is -2.91. The Bertz CT molecular complexity index is 1110. The summed E-state index contributed by atoms with van der Waals surface area (Å²) in [5.41, 5.74) is 2.87. The van der Waals surface area contributed by atoms with Crippen LogP contribution in [0.5, 0.6) is 0 Å². The van der Waals surface area contributed by atoms with E-state index in [2.05, 4.69) is 31.8 Å². The molecule has 2 aliphatic rings. The van der Waals surface area contributed by atoms with Crippen LogP contribution in [0.4, 0.5) is 11.5 Å². The Morgan fingerprint density at radius 2 is 1.81 bits per heavy atom. The maximum atomic E-state index is 13.3. The molecule has 2 aromatic heterocycles. The van der Waals surface area contributed by atoms with E-state index in [1.807, 2.05) is 23.1 Å². The van der Waals surface area contributed by atoms with Gasteiger partial charge >= 0.3 is 0 Å². The van der Waals surface area contributed by atoms with E-state index in [-0.39, 0.29) is 11.6 Å². The Morgan fingerprint density at radius 1 is 1.03 bits per heavy atom. The van der Waals surface area contributed by atoms with E-state index in [0.717, 1.165) is 18.8 Å². The number of aromatic nitrogens is 3. The van der Waals surface area contributed by atoms with Crippen molar-refractivity contribution >= 4 is 40.1 Å². The zero-order valence-corrected chi connectivity index (χ0v) is 18.0. The number of carbonyl (C=O) groups is 1. The van der Waals surface area contributed by atoms with E-state index in [0.29, 0.717) is 61.3 Å².